The first-order valence-electron chi connectivity index (χ1n) is 7.86. The molecule has 0 bridgehead atoms. The normalized spacial score (nSPS) is 17.6. The summed E-state index contributed by atoms with van der Waals surface area (Å²) in [5.74, 6) is -0.111. The second kappa shape index (κ2) is 6.25. The lowest BCUT2D eigenvalue weighted by atomic mass is 9.88. The maximum absolute atomic E-state index is 12.6. The van der Waals surface area contributed by atoms with Crippen LogP contribution in [0.25, 0.3) is 5.65 Å². The van der Waals surface area contributed by atoms with E-state index in [0.29, 0.717) is 12.1 Å². The Labute approximate surface area is 135 Å². The Balaban J connectivity index is 1.76. The minimum absolute atomic E-state index is 0.0506. The number of hydrogen-bond donors (Lipinski definition) is 1. The van der Waals surface area contributed by atoms with Crippen LogP contribution in [0, 0.1) is 6.92 Å². The summed E-state index contributed by atoms with van der Waals surface area (Å²) < 4.78 is 7.15. The third-order valence-electron chi connectivity index (χ3n) is 4.85. The van der Waals surface area contributed by atoms with Crippen molar-refractivity contribution in [2.45, 2.75) is 25.3 Å². The summed E-state index contributed by atoms with van der Waals surface area (Å²) in [6.07, 6.45) is 5.12. The summed E-state index contributed by atoms with van der Waals surface area (Å²) in [4.78, 5) is 19.1. The zero-order valence-corrected chi connectivity index (χ0v) is 13.9. The molecular formula is C16H23N5O2. The third kappa shape index (κ3) is 2.94. The van der Waals surface area contributed by atoms with Crippen molar-refractivity contribution in [3.05, 3.63) is 29.7 Å². The molecule has 0 saturated carbocycles. The standard InChI is InChI=1S/C16H23N5O2/c1-12-13(10-17-14-4-7-19-21(12)14)15(22)18-11-16(20(2)3)5-8-23-9-6-16/h4,7,10H,5-6,8-9,11H2,1-3H3,(H,18,22). The van der Waals surface area contributed by atoms with Gasteiger partial charge in [0, 0.05) is 37.6 Å². The van der Waals surface area contributed by atoms with Gasteiger partial charge < -0.3 is 15.0 Å². The number of aromatic nitrogens is 3. The van der Waals surface area contributed by atoms with Crippen LogP contribution in [0.3, 0.4) is 0 Å². The molecule has 1 saturated heterocycles. The van der Waals surface area contributed by atoms with E-state index in [0.717, 1.165) is 37.4 Å². The number of nitrogens with one attached hydrogen (secondary N) is 1. The number of hydrogen-bond acceptors (Lipinski definition) is 5. The van der Waals surface area contributed by atoms with Crippen LogP contribution in [-0.4, -0.2) is 64.8 Å². The van der Waals surface area contributed by atoms with Crippen LogP contribution in [0.1, 0.15) is 28.9 Å². The van der Waals surface area contributed by atoms with Crippen LogP contribution in [0.5, 0.6) is 0 Å². The molecule has 7 nitrogen and oxygen atoms in total. The molecule has 0 radical (unpaired) electrons. The number of carbonyl (C=O) groups is 1. The second-order valence-electron chi connectivity index (χ2n) is 6.27. The SMILES string of the molecule is Cc1c(C(=O)NCC2(N(C)C)CCOCC2)cnc2ccnn12. The molecule has 124 valence electrons. The van der Waals surface area contributed by atoms with E-state index in [4.69, 9.17) is 4.74 Å². The minimum Gasteiger partial charge on any atom is -0.381 e. The first kappa shape index (κ1) is 15.9. The van der Waals surface area contributed by atoms with Gasteiger partial charge in [0.1, 0.15) is 0 Å². The number of fused-ring (bicyclic) bond motifs is 1. The van der Waals surface area contributed by atoms with Gasteiger partial charge in [-0.2, -0.15) is 5.10 Å². The van der Waals surface area contributed by atoms with E-state index < -0.39 is 0 Å². The fraction of sp³-hybridized carbons (Fsp3) is 0.562. The highest BCUT2D eigenvalue weighted by Crippen LogP contribution is 2.25. The smallest absolute Gasteiger partial charge is 0.254 e. The summed E-state index contributed by atoms with van der Waals surface area (Å²) >= 11 is 0. The molecule has 1 aliphatic heterocycles. The van der Waals surface area contributed by atoms with E-state index in [1.54, 1.807) is 16.9 Å². The van der Waals surface area contributed by atoms with E-state index in [1.807, 2.05) is 13.0 Å². The number of aryl methyl sites for hydroxylation is 1. The molecule has 0 atom stereocenters. The summed E-state index contributed by atoms with van der Waals surface area (Å²) in [6.45, 7) is 3.94. The molecule has 1 fully saturated rings. The molecule has 3 heterocycles. The van der Waals surface area contributed by atoms with Gasteiger partial charge in [0.2, 0.25) is 0 Å². The van der Waals surface area contributed by atoms with Crippen molar-refractivity contribution in [1.29, 1.82) is 0 Å². The molecular weight excluding hydrogens is 294 g/mol. The van der Waals surface area contributed by atoms with Crippen molar-refractivity contribution in [2.24, 2.45) is 0 Å². The Morgan fingerprint density at radius 2 is 2.17 bits per heavy atom. The zero-order valence-electron chi connectivity index (χ0n) is 13.9. The zero-order chi connectivity index (χ0) is 16.4. The number of nitrogens with zero attached hydrogens (tertiary/aromatic N) is 4. The highest BCUT2D eigenvalue weighted by molar-refractivity contribution is 5.95. The fourth-order valence-electron chi connectivity index (χ4n) is 3.09. The van der Waals surface area contributed by atoms with Gasteiger partial charge in [-0.15, -0.1) is 0 Å². The minimum atomic E-state index is -0.111. The molecule has 0 unspecified atom stereocenters. The molecule has 2 aromatic heterocycles. The lowest BCUT2D eigenvalue weighted by molar-refractivity contribution is -0.00658. The molecule has 23 heavy (non-hydrogen) atoms. The van der Waals surface area contributed by atoms with E-state index in [1.165, 1.54) is 0 Å². The van der Waals surface area contributed by atoms with Gasteiger partial charge in [-0.25, -0.2) is 9.50 Å². The Bertz CT molecular complexity index is 704. The summed E-state index contributed by atoms with van der Waals surface area (Å²) in [7, 11) is 4.11. The summed E-state index contributed by atoms with van der Waals surface area (Å²) in [6, 6.07) is 1.82. The first-order chi connectivity index (χ1) is 11.0. The van der Waals surface area contributed by atoms with E-state index in [9.17, 15) is 4.79 Å². The van der Waals surface area contributed by atoms with Crippen LogP contribution < -0.4 is 5.32 Å². The average molecular weight is 317 g/mol. The molecule has 2 aromatic rings. The van der Waals surface area contributed by atoms with Gasteiger partial charge in [0.05, 0.1) is 17.5 Å². The van der Waals surface area contributed by atoms with Crippen LogP contribution in [0.2, 0.25) is 0 Å². The van der Waals surface area contributed by atoms with Gasteiger partial charge in [-0.3, -0.25) is 4.79 Å². The quantitative estimate of drug-likeness (QED) is 0.906. The van der Waals surface area contributed by atoms with Gasteiger partial charge >= 0.3 is 0 Å². The van der Waals surface area contributed by atoms with E-state index >= 15 is 0 Å². The van der Waals surface area contributed by atoms with E-state index in [2.05, 4.69) is 34.4 Å². The number of amides is 1. The summed E-state index contributed by atoms with van der Waals surface area (Å²) in [5, 5.41) is 7.27. The van der Waals surface area contributed by atoms with Crippen LogP contribution in [-0.2, 0) is 4.74 Å². The van der Waals surface area contributed by atoms with Crippen LogP contribution in [0.4, 0.5) is 0 Å². The van der Waals surface area contributed by atoms with Crippen LogP contribution in [0.15, 0.2) is 18.5 Å². The van der Waals surface area contributed by atoms with Crippen molar-refractivity contribution in [2.75, 3.05) is 33.9 Å². The molecule has 1 N–H and O–H groups in total. The maximum atomic E-state index is 12.6. The van der Waals surface area contributed by atoms with Gasteiger partial charge in [0.15, 0.2) is 5.65 Å². The van der Waals surface area contributed by atoms with Gasteiger partial charge in [0.25, 0.3) is 5.91 Å². The molecule has 1 aliphatic rings. The van der Waals surface area contributed by atoms with E-state index in [-0.39, 0.29) is 11.4 Å². The van der Waals surface area contributed by atoms with Crippen molar-refractivity contribution in [3.8, 4) is 0 Å². The molecule has 0 aliphatic carbocycles. The second-order valence-corrected chi connectivity index (χ2v) is 6.27. The predicted octanol–water partition coefficient (Wildman–Crippen LogP) is 0.878. The van der Waals surface area contributed by atoms with Gasteiger partial charge in [-0.1, -0.05) is 0 Å². The lowest BCUT2D eigenvalue weighted by Gasteiger charge is -2.42. The molecule has 7 heteroatoms. The summed E-state index contributed by atoms with van der Waals surface area (Å²) in [5.41, 5.74) is 2.05. The number of rotatable bonds is 4. The molecule has 0 aromatic carbocycles. The van der Waals surface area contributed by atoms with Crippen molar-refractivity contribution >= 4 is 11.6 Å². The Hall–Kier alpha value is -1.99. The molecule has 0 spiro atoms. The number of likely N-dealkylation sites (N-methyl/N-ethyl adjacent to an activating group) is 1. The largest absolute Gasteiger partial charge is 0.381 e. The van der Waals surface area contributed by atoms with Gasteiger partial charge in [-0.05, 0) is 33.9 Å². The third-order valence-corrected chi connectivity index (χ3v) is 4.85. The fourth-order valence-corrected chi connectivity index (χ4v) is 3.09. The molecule has 1 amide bonds. The Kier molecular flexibility index (Phi) is 4.32. The average Bonchev–Trinajstić information content (AvgIpc) is 3.03. The highest BCUT2D eigenvalue weighted by Gasteiger charge is 2.35. The predicted molar refractivity (Wildman–Crippen MR) is 86.5 cm³/mol. The van der Waals surface area contributed by atoms with Crippen molar-refractivity contribution in [1.82, 2.24) is 24.8 Å². The maximum Gasteiger partial charge on any atom is 0.254 e. The Morgan fingerprint density at radius 3 is 2.87 bits per heavy atom. The number of carbonyl (C=O) groups excluding carboxylic acids is 1. The van der Waals surface area contributed by atoms with Crippen LogP contribution >= 0.6 is 0 Å². The monoisotopic (exact) mass is 317 g/mol. The number of ether oxygens (including phenoxy) is 1. The highest BCUT2D eigenvalue weighted by atomic mass is 16.5. The Morgan fingerprint density at radius 1 is 1.43 bits per heavy atom. The first-order valence-corrected chi connectivity index (χ1v) is 7.86. The topological polar surface area (TPSA) is 71.8 Å². The lowest BCUT2D eigenvalue weighted by Crippen LogP contribution is -2.55. The van der Waals surface area contributed by atoms with Crippen molar-refractivity contribution in [3.63, 3.8) is 0 Å². The molecule has 3 rings (SSSR count). The van der Waals surface area contributed by atoms with Crippen molar-refractivity contribution < 1.29 is 9.53 Å².